The van der Waals surface area contributed by atoms with Crippen molar-refractivity contribution >= 4 is 11.9 Å². The van der Waals surface area contributed by atoms with Crippen LogP contribution in [-0.2, 0) is 14.3 Å². The van der Waals surface area contributed by atoms with E-state index in [4.69, 9.17) is 4.74 Å². The van der Waals surface area contributed by atoms with E-state index in [1.807, 2.05) is 37.3 Å². The molecular weight excluding hydrogens is 292 g/mol. The first-order valence-electron chi connectivity index (χ1n) is 8.04. The minimum atomic E-state index is -0.785. The lowest BCUT2D eigenvalue weighted by Crippen LogP contribution is -2.46. The molecule has 0 heterocycles. The van der Waals surface area contributed by atoms with Crippen LogP contribution in [0.1, 0.15) is 50.5 Å². The van der Waals surface area contributed by atoms with Crippen molar-refractivity contribution in [1.82, 2.24) is 5.32 Å². The highest BCUT2D eigenvalue weighted by molar-refractivity contribution is 5.84. The summed E-state index contributed by atoms with van der Waals surface area (Å²) in [6, 6.07) is 11.6. The number of nitriles is 1. The normalized spacial score (nSPS) is 17.0. The predicted molar refractivity (Wildman–Crippen MR) is 85.4 cm³/mol. The third-order valence-electron chi connectivity index (χ3n) is 4.29. The Kier molecular flexibility index (Phi) is 5.75. The lowest BCUT2D eigenvalue weighted by molar-refractivity contribution is -0.150. The van der Waals surface area contributed by atoms with Gasteiger partial charge in [-0.25, -0.2) is 0 Å². The number of esters is 1. The maximum atomic E-state index is 12.2. The van der Waals surface area contributed by atoms with E-state index in [0.717, 1.165) is 18.4 Å². The summed E-state index contributed by atoms with van der Waals surface area (Å²) in [6.07, 6.45) is 3.78. The number of carbonyl (C=O) groups excluding carboxylic acids is 2. The molecule has 1 atom stereocenters. The highest BCUT2D eigenvalue weighted by Gasteiger charge is 2.35. The SMILES string of the molecule is CC[C@@H](C(=O)OCC(=O)NC1(C#N)CCCC1)c1ccccc1. The first-order chi connectivity index (χ1) is 11.1. The van der Waals surface area contributed by atoms with Gasteiger partial charge in [0.1, 0.15) is 5.54 Å². The molecule has 0 radical (unpaired) electrons. The molecule has 1 aromatic rings. The maximum Gasteiger partial charge on any atom is 0.313 e. The predicted octanol–water partition coefficient (Wildman–Crippen LogP) is 2.68. The number of benzene rings is 1. The van der Waals surface area contributed by atoms with Gasteiger partial charge >= 0.3 is 5.97 Å². The molecule has 1 aliphatic rings. The van der Waals surface area contributed by atoms with Crippen LogP contribution in [0.3, 0.4) is 0 Å². The van der Waals surface area contributed by atoms with E-state index in [9.17, 15) is 14.9 Å². The summed E-state index contributed by atoms with van der Waals surface area (Å²) in [5.74, 6) is -1.20. The van der Waals surface area contributed by atoms with E-state index in [1.54, 1.807) is 0 Å². The molecule has 0 unspecified atom stereocenters. The van der Waals surface area contributed by atoms with Crippen molar-refractivity contribution in [3.05, 3.63) is 35.9 Å². The van der Waals surface area contributed by atoms with Gasteiger partial charge in [0.15, 0.2) is 6.61 Å². The number of ether oxygens (including phenoxy) is 1. The molecule has 23 heavy (non-hydrogen) atoms. The second kappa shape index (κ2) is 7.77. The molecule has 5 nitrogen and oxygen atoms in total. The van der Waals surface area contributed by atoms with E-state index < -0.39 is 17.4 Å². The number of carbonyl (C=O) groups is 2. The summed E-state index contributed by atoms with van der Waals surface area (Å²) >= 11 is 0. The van der Waals surface area contributed by atoms with E-state index in [-0.39, 0.29) is 12.5 Å². The van der Waals surface area contributed by atoms with Crippen LogP contribution in [0.15, 0.2) is 30.3 Å². The van der Waals surface area contributed by atoms with Crippen LogP contribution in [0.25, 0.3) is 0 Å². The topological polar surface area (TPSA) is 79.2 Å². The molecule has 1 aliphatic carbocycles. The molecule has 1 N–H and O–H groups in total. The molecule has 5 heteroatoms. The largest absolute Gasteiger partial charge is 0.455 e. The van der Waals surface area contributed by atoms with E-state index >= 15 is 0 Å². The molecule has 0 spiro atoms. The van der Waals surface area contributed by atoms with Crippen molar-refractivity contribution in [1.29, 1.82) is 5.26 Å². The van der Waals surface area contributed by atoms with Gasteiger partial charge in [0, 0.05) is 0 Å². The fourth-order valence-corrected chi connectivity index (χ4v) is 3.01. The fraction of sp³-hybridized carbons (Fsp3) is 0.500. The Morgan fingerprint density at radius 1 is 1.30 bits per heavy atom. The van der Waals surface area contributed by atoms with Crippen molar-refractivity contribution in [2.45, 2.75) is 50.5 Å². The Bertz CT molecular complexity index is 586. The summed E-state index contributed by atoms with van der Waals surface area (Å²) < 4.78 is 5.15. The molecule has 1 saturated carbocycles. The molecule has 0 bridgehead atoms. The third-order valence-corrected chi connectivity index (χ3v) is 4.29. The lowest BCUT2D eigenvalue weighted by Gasteiger charge is -2.22. The Morgan fingerprint density at radius 2 is 1.96 bits per heavy atom. The first-order valence-corrected chi connectivity index (χ1v) is 8.04. The molecule has 1 amide bonds. The van der Waals surface area contributed by atoms with Crippen LogP contribution in [0, 0.1) is 11.3 Å². The van der Waals surface area contributed by atoms with Gasteiger partial charge in [-0.05, 0) is 37.7 Å². The standard InChI is InChI=1S/C18H22N2O3/c1-2-15(14-8-4-3-5-9-14)17(22)23-12-16(21)20-18(13-19)10-6-7-11-18/h3-5,8-9,15H,2,6-7,10-12H2,1H3,(H,20,21)/t15-/m1/s1. The minimum Gasteiger partial charge on any atom is -0.455 e. The second-order valence-corrected chi connectivity index (χ2v) is 5.93. The minimum absolute atomic E-state index is 0.342. The Hall–Kier alpha value is -2.35. The number of amides is 1. The van der Waals surface area contributed by atoms with Gasteiger partial charge in [0.25, 0.3) is 5.91 Å². The van der Waals surface area contributed by atoms with Crippen LogP contribution in [0.2, 0.25) is 0 Å². The van der Waals surface area contributed by atoms with Crippen LogP contribution in [0.4, 0.5) is 0 Å². The third kappa shape index (κ3) is 4.32. The summed E-state index contributed by atoms with van der Waals surface area (Å²) in [5, 5.41) is 12.0. The van der Waals surface area contributed by atoms with Crippen molar-refractivity contribution in [2.75, 3.05) is 6.61 Å². The zero-order chi connectivity index (χ0) is 16.7. The van der Waals surface area contributed by atoms with E-state index in [1.165, 1.54) is 0 Å². The molecule has 122 valence electrons. The first kappa shape index (κ1) is 17.0. The van der Waals surface area contributed by atoms with Crippen molar-refractivity contribution in [2.24, 2.45) is 0 Å². The number of hydrogen-bond acceptors (Lipinski definition) is 4. The quantitative estimate of drug-likeness (QED) is 0.819. The molecule has 0 saturated heterocycles. The molecular formula is C18H22N2O3. The Balaban J connectivity index is 1.88. The summed E-state index contributed by atoms with van der Waals surface area (Å²) in [7, 11) is 0. The van der Waals surface area contributed by atoms with Gasteiger partial charge in [-0.15, -0.1) is 0 Å². The molecule has 1 fully saturated rings. The summed E-state index contributed by atoms with van der Waals surface area (Å²) in [5.41, 5.74) is 0.0947. The molecule has 0 aliphatic heterocycles. The van der Waals surface area contributed by atoms with Crippen LogP contribution in [0.5, 0.6) is 0 Å². The van der Waals surface area contributed by atoms with Gasteiger partial charge in [0.05, 0.1) is 12.0 Å². The van der Waals surface area contributed by atoms with Gasteiger partial charge < -0.3 is 10.1 Å². The monoisotopic (exact) mass is 314 g/mol. The number of hydrogen-bond donors (Lipinski definition) is 1. The van der Waals surface area contributed by atoms with Crippen LogP contribution < -0.4 is 5.32 Å². The number of rotatable bonds is 6. The van der Waals surface area contributed by atoms with Crippen LogP contribution in [-0.4, -0.2) is 24.0 Å². The smallest absolute Gasteiger partial charge is 0.313 e. The zero-order valence-corrected chi connectivity index (χ0v) is 13.4. The fourth-order valence-electron chi connectivity index (χ4n) is 3.01. The van der Waals surface area contributed by atoms with Crippen LogP contribution >= 0.6 is 0 Å². The van der Waals surface area contributed by atoms with Gasteiger partial charge in [0.2, 0.25) is 0 Å². The molecule has 0 aromatic heterocycles. The molecule has 2 rings (SSSR count). The van der Waals surface area contributed by atoms with Crippen molar-refractivity contribution in [3.63, 3.8) is 0 Å². The zero-order valence-electron chi connectivity index (χ0n) is 13.4. The second-order valence-electron chi connectivity index (χ2n) is 5.93. The number of nitrogens with zero attached hydrogens (tertiary/aromatic N) is 1. The molecule has 1 aromatic carbocycles. The Labute approximate surface area is 136 Å². The summed E-state index contributed by atoms with van der Waals surface area (Å²) in [6.45, 7) is 1.56. The van der Waals surface area contributed by atoms with Gasteiger partial charge in [-0.1, -0.05) is 37.3 Å². The van der Waals surface area contributed by atoms with E-state index in [0.29, 0.717) is 19.3 Å². The van der Waals surface area contributed by atoms with Crippen molar-refractivity contribution < 1.29 is 14.3 Å². The number of nitrogens with one attached hydrogen (secondary N) is 1. The Morgan fingerprint density at radius 3 is 2.52 bits per heavy atom. The highest BCUT2D eigenvalue weighted by Crippen LogP contribution is 2.28. The van der Waals surface area contributed by atoms with Gasteiger partial charge in [-0.3, -0.25) is 9.59 Å². The summed E-state index contributed by atoms with van der Waals surface area (Å²) in [4.78, 5) is 24.2. The maximum absolute atomic E-state index is 12.2. The lowest BCUT2D eigenvalue weighted by atomic mass is 9.97. The highest BCUT2D eigenvalue weighted by atomic mass is 16.5. The average molecular weight is 314 g/mol. The van der Waals surface area contributed by atoms with Crippen molar-refractivity contribution in [3.8, 4) is 6.07 Å². The average Bonchev–Trinajstić information content (AvgIpc) is 3.03. The van der Waals surface area contributed by atoms with E-state index in [2.05, 4.69) is 11.4 Å². The van der Waals surface area contributed by atoms with Gasteiger partial charge in [-0.2, -0.15) is 5.26 Å².